The van der Waals surface area contributed by atoms with Gasteiger partial charge in [-0.05, 0) is 27.2 Å². The second kappa shape index (κ2) is 5.82. The van der Waals surface area contributed by atoms with E-state index in [0.717, 1.165) is 33.3 Å². The molecule has 1 aliphatic carbocycles. The molecule has 0 bridgehead atoms. The van der Waals surface area contributed by atoms with Gasteiger partial charge in [0, 0.05) is 11.0 Å². The van der Waals surface area contributed by atoms with E-state index in [1.807, 2.05) is 48.5 Å². The number of fused-ring (bicyclic) bond motifs is 3. The summed E-state index contributed by atoms with van der Waals surface area (Å²) < 4.78 is 6.04. The Bertz CT molecular complexity index is 937. The molecule has 0 fully saturated rings. The van der Waals surface area contributed by atoms with Crippen LogP contribution in [0.3, 0.4) is 0 Å². The first-order valence-corrected chi connectivity index (χ1v) is 7.56. The molecule has 2 aromatic carbocycles. The molecule has 8 heteroatoms. The number of nitro groups is 1. The summed E-state index contributed by atoms with van der Waals surface area (Å²) in [4.78, 5) is 25.3. The Hall–Kier alpha value is -3.55. The summed E-state index contributed by atoms with van der Waals surface area (Å²) in [5.74, 6) is -0.733. The van der Waals surface area contributed by atoms with E-state index >= 15 is 0 Å². The fourth-order valence-corrected chi connectivity index (χ4v) is 3.09. The van der Waals surface area contributed by atoms with Crippen molar-refractivity contribution in [1.29, 1.82) is 0 Å². The van der Waals surface area contributed by atoms with Crippen LogP contribution in [0.5, 0.6) is 0 Å². The molecule has 0 saturated heterocycles. The van der Waals surface area contributed by atoms with Crippen LogP contribution < -0.4 is 0 Å². The minimum atomic E-state index is -0.803. The number of nitrogens with zero attached hydrogens (tertiary/aromatic N) is 4. The number of hydrogen-bond acceptors (Lipinski definition) is 6. The first-order chi connectivity index (χ1) is 12.1. The summed E-state index contributed by atoms with van der Waals surface area (Å²) in [6.45, 7) is 0.112. The second-order valence-electron chi connectivity index (χ2n) is 5.55. The van der Waals surface area contributed by atoms with Crippen LogP contribution in [-0.2, 0) is 4.74 Å². The number of carbonyl (C=O) groups excluding carboxylic acids is 1. The van der Waals surface area contributed by atoms with Crippen LogP contribution in [0, 0.1) is 10.1 Å². The average molecular weight is 336 g/mol. The number of hydrogen-bond donors (Lipinski definition) is 0. The Kier molecular flexibility index (Phi) is 3.50. The topological polar surface area (TPSA) is 100 Å². The molecule has 0 saturated carbocycles. The molecule has 25 heavy (non-hydrogen) atoms. The highest BCUT2D eigenvalue weighted by molar-refractivity contribution is 5.79. The molecular weight excluding hydrogens is 324 g/mol. The molecule has 0 atom stereocenters. The predicted molar refractivity (Wildman–Crippen MR) is 87.1 cm³/mol. The van der Waals surface area contributed by atoms with E-state index in [1.54, 1.807) is 0 Å². The number of carbonyl (C=O) groups is 1. The van der Waals surface area contributed by atoms with Crippen LogP contribution in [0.2, 0.25) is 0 Å². The Morgan fingerprint density at radius 2 is 1.72 bits per heavy atom. The summed E-state index contributed by atoms with van der Waals surface area (Å²) >= 11 is 0. The molecule has 0 N–H and O–H groups in total. The molecule has 3 aromatic rings. The van der Waals surface area contributed by atoms with Gasteiger partial charge < -0.3 is 14.9 Å². The van der Waals surface area contributed by atoms with E-state index < -0.39 is 17.0 Å². The summed E-state index contributed by atoms with van der Waals surface area (Å²) in [7, 11) is 0. The van der Waals surface area contributed by atoms with Crippen molar-refractivity contribution < 1.29 is 14.5 Å². The minimum Gasteiger partial charge on any atom is -0.446 e. The molecule has 0 amide bonds. The largest absolute Gasteiger partial charge is 0.491 e. The van der Waals surface area contributed by atoms with Crippen molar-refractivity contribution in [3.8, 4) is 11.1 Å². The van der Waals surface area contributed by atoms with Gasteiger partial charge in [0.1, 0.15) is 6.61 Å². The van der Waals surface area contributed by atoms with Gasteiger partial charge in [-0.1, -0.05) is 58.2 Å². The Labute approximate surface area is 141 Å². The Morgan fingerprint density at radius 1 is 1.12 bits per heavy atom. The van der Waals surface area contributed by atoms with Gasteiger partial charge in [-0.15, -0.1) is 0 Å². The number of benzene rings is 2. The molecule has 124 valence electrons. The normalized spacial score (nSPS) is 12.5. The Morgan fingerprint density at radius 3 is 2.28 bits per heavy atom. The molecule has 4 rings (SSSR count). The molecule has 0 unspecified atom stereocenters. The van der Waals surface area contributed by atoms with Crippen LogP contribution in [0.25, 0.3) is 11.1 Å². The van der Waals surface area contributed by atoms with Crippen LogP contribution in [-0.4, -0.2) is 32.4 Å². The monoisotopic (exact) mass is 336 g/mol. The fraction of sp³-hybridized carbons (Fsp3) is 0.118. The zero-order chi connectivity index (χ0) is 17.4. The van der Waals surface area contributed by atoms with Crippen LogP contribution >= 0.6 is 0 Å². The van der Waals surface area contributed by atoms with Gasteiger partial charge in [0.2, 0.25) is 6.33 Å². The third kappa shape index (κ3) is 2.53. The molecule has 8 nitrogen and oxygen atoms in total. The van der Waals surface area contributed by atoms with E-state index in [-0.39, 0.29) is 12.5 Å². The lowest BCUT2D eigenvalue weighted by Gasteiger charge is -2.13. The van der Waals surface area contributed by atoms with Crippen molar-refractivity contribution in [3.05, 3.63) is 76.1 Å². The zero-order valence-electron chi connectivity index (χ0n) is 12.9. The van der Waals surface area contributed by atoms with Crippen molar-refractivity contribution in [2.45, 2.75) is 5.92 Å². The first kappa shape index (κ1) is 15.0. The highest BCUT2D eigenvalue weighted by Crippen LogP contribution is 2.44. The molecule has 1 heterocycles. The molecule has 1 aliphatic rings. The first-order valence-electron chi connectivity index (χ1n) is 7.56. The maximum atomic E-state index is 12.1. The molecule has 0 aliphatic heterocycles. The standard InChI is InChI=1S/C17H12N4O4/c22-17(20-10-18-16(19-20)21(23)24)25-9-15-13-7-3-1-5-11(13)12-6-2-4-8-14(12)15/h1-8,10,15H,9H2. The summed E-state index contributed by atoms with van der Waals surface area (Å²) in [5, 5.41) is 14.1. The van der Waals surface area contributed by atoms with Gasteiger partial charge in [-0.3, -0.25) is 0 Å². The molecule has 0 spiro atoms. The molecular formula is C17H12N4O4. The quantitative estimate of drug-likeness (QED) is 0.538. The third-order valence-electron chi connectivity index (χ3n) is 4.17. The highest BCUT2D eigenvalue weighted by Gasteiger charge is 2.29. The van der Waals surface area contributed by atoms with E-state index in [2.05, 4.69) is 10.1 Å². The van der Waals surface area contributed by atoms with E-state index in [1.165, 1.54) is 0 Å². The van der Waals surface area contributed by atoms with Crippen molar-refractivity contribution in [2.24, 2.45) is 0 Å². The smallest absolute Gasteiger partial charge is 0.446 e. The van der Waals surface area contributed by atoms with E-state index in [0.29, 0.717) is 0 Å². The van der Waals surface area contributed by atoms with Crippen molar-refractivity contribution in [1.82, 2.24) is 14.8 Å². The SMILES string of the molecule is O=C(OCC1c2ccccc2-c2ccccc21)n1cnc([N+](=O)[O-])n1. The van der Waals surface area contributed by atoms with Crippen molar-refractivity contribution >= 4 is 12.0 Å². The molecule has 1 aromatic heterocycles. The second-order valence-corrected chi connectivity index (χ2v) is 5.55. The third-order valence-corrected chi connectivity index (χ3v) is 4.17. The zero-order valence-corrected chi connectivity index (χ0v) is 12.9. The highest BCUT2D eigenvalue weighted by atomic mass is 16.6. The lowest BCUT2D eigenvalue weighted by atomic mass is 9.98. The predicted octanol–water partition coefficient (Wildman–Crippen LogP) is 2.98. The number of ether oxygens (including phenoxy) is 1. The lowest BCUT2D eigenvalue weighted by molar-refractivity contribution is -0.394. The van der Waals surface area contributed by atoms with Gasteiger partial charge in [0.05, 0.1) is 0 Å². The van der Waals surface area contributed by atoms with Gasteiger partial charge >= 0.3 is 12.0 Å². The Balaban J connectivity index is 1.56. The van der Waals surface area contributed by atoms with Gasteiger partial charge in [0.15, 0.2) is 0 Å². The number of aromatic nitrogens is 3. The number of rotatable bonds is 3. The molecule has 0 radical (unpaired) electrons. The van der Waals surface area contributed by atoms with Crippen LogP contribution in [0.15, 0.2) is 54.9 Å². The van der Waals surface area contributed by atoms with Crippen molar-refractivity contribution in [2.75, 3.05) is 6.61 Å². The van der Waals surface area contributed by atoms with E-state index in [9.17, 15) is 14.9 Å². The average Bonchev–Trinajstić information content (AvgIpc) is 3.24. The van der Waals surface area contributed by atoms with Crippen LogP contribution in [0.1, 0.15) is 17.0 Å². The fourth-order valence-electron chi connectivity index (χ4n) is 3.09. The maximum absolute atomic E-state index is 12.1. The summed E-state index contributed by atoms with van der Waals surface area (Å²) in [6, 6.07) is 15.9. The lowest BCUT2D eigenvalue weighted by Crippen LogP contribution is -2.18. The van der Waals surface area contributed by atoms with E-state index in [4.69, 9.17) is 4.74 Å². The van der Waals surface area contributed by atoms with Gasteiger partial charge in [-0.25, -0.2) is 4.79 Å². The summed E-state index contributed by atoms with van der Waals surface area (Å²) in [5.41, 5.74) is 4.41. The maximum Gasteiger partial charge on any atom is 0.491 e. The van der Waals surface area contributed by atoms with Gasteiger partial charge in [-0.2, -0.15) is 0 Å². The van der Waals surface area contributed by atoms with Gasteiger partial charge in [0.25, 0.3) is 0 Å². The van der Waals surface area contributed by atoms with Crippen molar-refractivity contribution in [3.63, 3.8) is 0 Å². The van der Waals surface area contributed by atoms with Crippen LogP contribution in [0.4, 0.5) is 10.7 Å². The summed E-state index contributed by atoms with van der Waals surface area (Å²) in [6.07, 6.45) is 0.166. The minimum absolute atomic E-state index is 0.0881.